The number of benzene rings is 4. The zero-order valence-electron chi connectivity index (χ0n) is 17.8. The molecule has 0 amide bonds. The summed E-state index contributed by atoms with van der Waals surface area (Å²) in [6, 6.07) is 16.4. The van der Waals surface area contributed by atoms with Gasteiger partial charge >= 0.3 is 0 Å². The molecule has 0 saturated carbocycles. The number of aryl methyl sites for hydroxylation is 1. The lowest BCUT2D eigenvalue weighted by atomic mass is 10.1. The zero-order chi connectivity index (χ0) is 23.4. The predicted molar refractivity (Wildman–Crippen MR) is 123 cm³/mol. The van der Waals surface area contributed by atoms with Crippen LogP contribution in [0.25, 0.3) is 10.8 Å². The van der Waals surface area contributed by atoms with Gasteiger partial charge in [0.25, 0.3) is 0 Å². The first-order valence-corrected chi connectivity index (χ1v) is 10.4. The highest BCUT2D eigenvalue weighted by molar-refractivity contribution is 5.84. The third-order valence-corrected chi connectivity index (χ3v) is 5.09. The second kappa shape index (κ2) is 9.63. The van der Waals surface area contributed by atoms with Crippen molar-refractivity contribution >= 4 is 10.8 Å². The zero-order valence-corrected chi connectivity index (χ0v) is 17.8. The molecule has 0 aliphatic carbocycles. The molecule has 0 atom stereocenters. The minimum Gasteiger partial charge on any atom is -0.207 e. The van der Waals surface area contributed by atoms with Crippen LogP contribution >= 0.6 is 0 Å². The lowest BCUT2D eigenvalue weighted by Gasteiger charge is -2.01. The third-order valence-electron chi connectivity index (χ3n) is 5.09. The summed E-state index contributed by atoms with van der Waals surface area (Å²) in [6.07, 6.45) is 1.67. The first kappa shape index (κ1) is 22.2. The number of hydrogen-bond donors (Lipinski definition) is 0. The van der Waals surface area contributed by atoms with Gasteiger partial charge in [0, 0.05) is 11.1 Å². The van der Waals surface area contributed by atoms with Crippen LogP contribution in [0.15, 0.2) is 66.7 Å². The van der Waals surface area contributed by atoms with Crippen LogP contribution in [-0.2, 0) is 6.42 Å². The van der Waals surface area contributed by atoms with Crippen molar-refractivity contribution in [3.05, 3.63) is 118 Å². The smallest absolute Gasteiger partial charge is 0.143 e. The molecule has 0 saturated heterocycles. The lowest BCUT2D eigenvalue weighted by molar-refractivity contribution is 0.577. The Balaban J connectivity index is 1.59. The normalized spacial score (nSPS) is 10.3. The van der Waals surface area contributed by atoms with Gasteiger partial charge in [-0.3, -0.25) is 0 Å². The van der Waals surface area contributed by atoms with Crippen LogP contribution in [0.1, 0.15) is 41.2 Å². The minimum absolute atomic E-state index is 0.0836. The number of rotatable bonds is 2. The molecule has 0 nitrogen and oxygen atoms in total. The molecule has 0 heterocycles. The highest BCUT2D eigenvalue weighted by Gasteiger charge is 2.09. The van der Waals surface area contributed by atoms with E-state index in [0.717, 1.165) is 35.9 Å². The average Bonchev–Trinajstić information content (AvgIpc) is 2.78. The Hall–Kier alpha value is -4.02. The van der Waals surface area contributed by atoms with Crippen molar-refractivity contribution in [2.45, 2.75) is 19.8 Å². The molecule has 0 aromatic heterocycles. The maximum absolute atomic E-state index is 14.5. The van der Waals surface area contributed by atoms with Gasteiger partial charge in [-0.1, -0.05) is 55.2 Å². The SMILES string of the molecule is CCCc1ccc(C#Cc2cc(F)c(C#Cc3ccc4cc(F)ccc4c3)c(F)c2)c(F)c1. The molecule has 4 aromatic carbocycles. The lowest BCUT2D eigenvalue weighted by Crippen LogP contribution is -1.93. The summed E-state index contributed by atoms with van der Waals surface area (Å²) < 4.78 is 56.5. The first-order valence-electron chi connectivity index (χ1n) is 10.4. The molecule has 4 aromatic rings. The van der Waals surface area contributed by atoms with Crippen molar-refractivity contribution in [1.29, 1.82) is 0 Å². The molecule has 0 aliphatic rings. The Bertz CT molecular complexity index is 1450. The average molecular weight is 442 g/mol. The van der Waals surface area contributed by atoms with E-state index in [4.69, 9.17) is 0 Å². The van der Waals surface area contributed by atoms with Gasteiger partial charge in [0.05, 0.1) is 11.1 Å². The number of fused-ring (bicyclic) bond motifs is 1. The van der Waals surface area contributed by atoms with E-state index >= 15 is 0 Å². The monoisotopic (exact) mass is 442 g/mol. The summed E-state index contributed by atoms with van der Waals surface area (Å²) in [6.45, 7) is 2.01. The fourth-order valence-corrected chi connectivity index (χ4v) is 3.44. The second-order valence-corrected chi connectivity index (χ2v) is 7.59. The Kier molecular flexibility index (Phi) is 6.48. The number of hydrogen-bond acceptors (Lipinski definition) is 0. The molecular formula is C29H18F4. The first-order chi connectivity index (χ1) is 15.9. The highest BCUT2D eigenvalue weighted by atomic mass is 19.1. The molecule has 0 radical (unpaired) electrons. The quantitative estimate of drug-likeness (QED) is 0.228. The van der Waals surface area contributed by atoms with Gasteiger partial charge in [-0.05, 0) is 71.3 Å². The van der Waals surface area contributed by atoms with E-state index in [0.29, 0.717) is 10.9 Å². The molecule has 4 rings (SSSR count). The maximum Gasteiger partial charge on any atom is 0.143 e. The molecule has 0 fully saturated rings. The molecule has 0 aliphatic heterocycles. The van der Waals surface area contributed by atoms with E-state index < -0.39 is 17.5 Å². The van der Waals surface area contributed by atoms with E-state index in [1.807, 2.05) is 6.92 Å². The maximum atomic E-state index is 14.5. The van der Waals surface area contributed by atoms with E-state index in [2.05, 4.69) is 23.7 Å². The summed E-state index contributed by atoms with van der Waals surface area (Å²) in [5.74, 6) is 7.99. The molecule has 4 heteroatoms. The molecular weight excluding hydrogens is 424 g/mol. The fraction of sp³-hybridized carbons (Fsp3) is 0.103. The topological polar surface area (TPSA) is 0 Å². The largest absolute Gasteiger partial charge is 0.207 e. The molecule has 0 bridgehead atoms. The van der Waals surface area contributed by atoms with E-state index in [1.54, 1.807) is 36.4 Å². The van der Waals surface area contributed by atoms with Crippen molar-refractivity contribution in [3.8, 4) is 23.7 Å². The molecule has 162 valence electrons. The third kappa shape index (κ3) is 5.25. The molecule has 0 N–H and O–H groups in total. The van der Waals surface area contributed by atoms with Crippen molar-refractivity contribution in [1.82, 2.24) is 0 Å². The molecule has 33 heavy (non-hydrogen) atoms. The van der Waals surface area contributed by atoms with Gasteiger partial charge in [-0.2, -0.15) is 0 Å². The molecule has 0 spiro atoms. The predicted octanol–water partition coefficient (Wildman–Crippen LogP) is 7.15. The van der Waals surface area contributed by atoms with Crippen LogP contribution in [0, 0.1) is 47.0 Å². The van der Waals surface area contributed by atoms with Crippen molar-refractivity contribution in [2.24, 2.45) is 0 Å². The Morgan fingerprint density at radius 3 is 2.03 bits per heavy atom. The minimum atomic E-state index is -0.853. The second-order valence-electron chi connectivity index (χ2n) is 7.59. The van der Waals surface area contributed by atoms with E-state index in [9.17, 15) is 17.6 Å². The van der Waals surface area contributed by atoms with Crippen LogP contribution in [-0.4, -0.2) is 0 Å². The van der Waals surface area contributed by atoms with E-state index in [-0.39, 0.29) is 22.5 Å². The fourth-order valence-electron chi connectivity index (χ4n) is 3.44. The standard InChI is InChI=1S/C29H18F4/c1-2-3-19-4-8-22(27(31)15-19)9-6-21-16-28(32)26(29(33)17-21)13-7-20-5-10-24-18-25(30)12-11-23(24)14-20/h4-5,8,10-12,14-18H,2-3H2,1H3. The van der Waals surface area contributed by atoms with Crippen LogP contribution in [0.2, 0.25) is 0 Å². The Morgan fingerprint density at radius 2 is 1.30 bits per heavy atom. The van der Waals surface area contributed by atoms with Crippen LogP contribution in [0.4, 0.5) is 17.6 Å². The van der Waals surface area contributed by atoms with Crippen LogP contribution in [0.3, 0.4) is 0 Å². The summed E-state index contributed by atoms with van der Waals surface area (Å²) in [7, 11) is 0. The van der Waals surface area contributed by atoms with Crippen molar-refractivity contribution in [3.63, 3.8) is 0 Å². The van der Waals surface area contributed by atoms with E-state index in [1.165, 1.54) is 18.2 Å². The van der Waals surface area contributed by atoms with Gasteiger partial charge < -0.3 is 0 Å². The van der Waals surface area contributed by atoms with Gasteiger partial charge in [0.15, 0.2) is 0 Å². The Labute approximate surface area is 189 Å². The Morgan fingerprint density at radius 1 is 0.606 bits per heavy atom. The van der Waals surface area contributed by atoms with Crippen LogP contribution in [0.5, 0.6) is 0 Å². The summed E-state index contributed by atoms with van der Waals surface area (Å²) >= 11 is 0. The molecule has 0 unspecified atom stereocenters. The van der Waals surface area contributed by atoms with Crippen molar-refractivity contribution < 1.29 is 17.6 Å². The highest BCUT2D eigenvalue weighted by Crippen LogP contribution is 2.18. The van der Waals surface area contributed by atoms with Gasteiger partial charge in [-0.15, -0.1) is 0 Å². The summed E-state index contributed by atoms with van der Waals surface area (Å²) in [4.78, 5) is 0. The summed E-state index contributed by atoms with van der Waals surface area (Å²) in [5.41, 5.74) is 1.28. The number of halogens is 4. The van der Waals surface area contributed by atoms with Gasteiger partial charge in [0.2, 0.25) is 0 Å². The van der Waals surface area contributed by atoms with Crippen molar-refractivity contribution in [2.75, 3.05) is 0 Å². The van der Waals surface area contributed by atoms with Crippen LogP contribution < -0.4 is 0 Å². The summed E-state index contributed by atoms with van der Waals surface area (Å²) in [5, 5.41) is 1.47. The van der Waals surface area contributed by atoms with Gasteiger partial charge in [0.1, 0.15) is 23.3 Å². The van der Waals surface area contributed by atoms with Gasteiger partial charge in [-0.25, -0.2) is 17.6 Å².